The molecule has 7 heteroatoms. The van der Waals surface area contributed by atoms with Gasteiger partial charge in [-0.15, -0.1) is 0 Å². The van der Waals surface area contributed by atoms with E-state index in [4.69, 9.17) is 18.9 Å². The number of anilines is 1. The molecule has 6 aromatic rings. The van der Waals surface area contributed by atoms with Crippen LogP contribution in [0.1, 0.15) is 51.3 Å². The highest BCUT2D eigenvalue weighted by Crippen LogP contribution is 2.36. The van der Waals surface area contributed by atoms with Gasteiger partial charge in [0.25, 0.3) is 11.8 Å². The summed E-state index contributed by atoms with van der Waals surface area (Å²) in [5, 5.41) is 0. The number of methoxy groups -OCH3 is 1. The molecule has 6 aromatic carbocycles. The van der Waals surface area contributed by atoms with Crippen LogP contribution in [0, 0.1) is 6.92 Å². The third kappa shape index (κ3) is 6.54. The van der Waals surface area contributed by atoms with Gasteiger partial charge in [-0.25, -0.2) is 4.90 Å². The van der Waals surface area contributed by atoms with Crippen molar-refractivity contribution in [3.63, 3.8) is 0 Å². The van der Waals surface area contributed by atoms with Gasteiger partial charge < -0.3 is 18.9 Å². The molecular formula is C43H35NO6. The lowest BCUT2D eigenvalue weighted by Gasteiger charge is -2.26. The molecule has 0 aromatic heterocycles. The maximum absolute atomic E-state index is 13.5. The molecule has 0 bridgehead atoms. The second-order valence-electron chi connectivity index (χ2n) is 12.6. The lowest BCUT2D eigenvalue weighted by atomic mass is 9.78. The zero-order valence-corrected chi connectivity index (χ0v) is 28.2. The number of imide groups is 1. The Hall–Kier alpha value is -6.34. The second kappa shape index (κ2) is 13.3. The smallest absolute Gasteiger partial charge is 0.266 e. The molecule has 0 radical (unpaired) electrons. The number of rotatable bonds is 10. The maximum Gasteiger partial charge on any atom is 0.266 e. The number of nitrogens with zero attached hydrogens (tertiary/aromatic N) is 1. The Morgan fingerprint density at radius 3 is 1.46 bits per heavy atom. The molecule has 50 heavy (non-hydrogen) atoms. The molecule has 0 saturated carbocycles. The van der Waals surface area contributed by atoms with Crippen LogP contribution >= 0.6 is 0 Å². The van der Waals surface area contributed by atoms with Crippen molar-refractivity contribution in [1.29, 1.82) is 0 Å². The third-order valence-electron chi connectivity index (χ3n) is 8.87. The molecule has 0 atom stereocenters. The maximum atomic E-state index is 13.5. The van der Waals surface area contributed by atoms with Gasteiger partial charge in [-0.2, -0.15) is 0 Å². The number of benzene rings is 6. The van der Waals surface area contributed by atoms with E-state index < -0.39 is 11.8 Å². The number of fused-ring (bicyclic) bond motifs is 1. The number of carbonyl (C=O) groups is 2. The average Bonchev–Trinajstić information content (AvgIpc) is 3.38. The van der Waals surface area contributed by atoms with E-state index in [0.717, 1.165) is 28.2 Å². The zero-order chi connectivity index (χ0) is 34.8. The molecule has 1 aliphatic rings. The molecule has 1 heterocycles. The molecule has 248 valence electrons. The summed E-state index contributed by atoms with van der Waals surface area (Å²) in [6, 6.07) is 42.9. The van der Waals surface area contributed by atoms with E-state index in [1.165, 1.54) is 4.90 Å². The van der Waals surface area contributed by atoms with Crippen LogP contribution in [0.25, 0.3) is 0 Å². The molecule has 0 spiro atoms. The third-order valence-corrected chi connectivity index (χ3v) is 8.87. The van der Waals surface area contributed by atoms with Crippen molar-refractivity contribution in [3.05, 3.63) is 167 Å². The van der Waals surface area contributed by atoms with Crippen LogP contribution in [0.15, 0.2) is 140 Å². The van der Waals surface area contributed by atoms with Gasteiger partial charge in [0.1, 0.15) is 40.2 Å². The molecule has 7 rings (SSSR count). The van der Waals surface area contributed by atoms with Crippen LogP contribution < -0.4 is 23.8 Å². The highest BCUT2D eigenvalue weighted by molar-refractivity contribution is 6.34. The Morgan fingerprint density at radius 2 is 0.920 bits per heavy atom. The van der Waals surface area contributed by atoms with Gasteiger partial charge >= 0.3 is 0 Å². The minimum absolute atomic E-state index is 0.235. The fourth-order valence-corrected chi connectivity index (χ4v) is 5.91. The molecule has 7 nitrogen and oxygen atoms in total. The van der Waals surface area contributed by atoms with Gasteiger partial charge in [0.2, 0.25) is 0 Å². The predicted octanol–water partition coefficient (Wildman–Crippen LogP) is 10.5. The minimum atomic E-state index is -0.415. The Labute approximate surface area is 291 Å². The van der Waals surface area contributed by atoms with E-state index in [-0.39, 0.29) is 11.0 Å². The van der Waals surface area contributed by atoms with E-state index in [9.17, 15) is 9.59 Å². The van der Waals surface area contributed by atoms with Gasteiger partial charge in [-0.1, -0.05) is 61.9 Å². The molecule has 0 unspecified atom stereocenters. The highest BCUT2D eigenvalue weighted by Gasteiger charge is 2.37. The van der Waals surface area contributed by atoms with Gasteiger partial charge in [-0.05, 0) is 109 Å². The Morgan fingerprint density at radius 1 is 0.480 bits per heavy atom. The molecule has 0 fully saturated rings. The molecule has 0 saturated heterocycles. The van der Waals surface area contributed by atoms with E-state index in [1.807, 2.05) is 85.8 Å². The summed E-state index contributed by atoms with van der Waals surface area (Å²) in [6.07, 6.45) is 0. The topological polar surface area (TPSA) is 74.3 Å². The summed E-state index contributed by atoms with van der Waals surface area (Å²) in [7, 11) is 1.66. The quantitative estimate of drug-likeness (QED) is 0.136. The monoisotopic (exact) mass is 661 g/mol. The summed E-state index contributed by atoms with van der Waals surface area (Å²) in [5.41, 5.74) is 4.26. The SMILES string of the molecule is COc1ccc(C(C)(C)c2ccc(Oc3ccc4c(c3)C(=O)N(c3ccc(Oc5cccc(Oc6ccc(C)cc6)c5)cc3)C4=O)cc2)cc1. The van der Waals surface area contributed by atoms with Crippen LogP contribution in [-0.2, 0) is 5.41 Å². The molecule has 0 aliphatic carbocycles. The van der Waals surface area contributed by atoms with E-state index in [2.05, 4.69) is 26.0 Å². The summed E-state index contributed by atoms with van der Waals surface area (Å²) >= 11 is 0. The van der Waals surface area contributed by atoms with Crippen molar-refractivity contribution in [2.45, 2.75) is 26.2 Å². The van der Waals surface area contributed by atoms with E-state index >= 15 is 0 Å². The van der Waals surface area contributed by atoms with Crippen LogP contribution in [0.3, 0.4) is 0 Å². The summed E-state index contributed by atoms with van der Waals surface area (Å²) in [6.45, 7) is 6.36. The minimum Gasteiger partial charge on any atom is -0.497 e. The molecule has 0 N–H and O–H groups in total. The van der Waals surface area contributed by atoms with Crippen molar-refractivity contribution in [2.75, 3.05) is 12.0 Å². The normalized spacial score (nSPS) is 12.4. The van der Waals surface area contributed by atoms with Gasteiger partial charge in [0.05, 0.1) is 23.9 Å². The van der Waals surface area contributed by atoms with Gasteiger partial charge in [0, 0.05) is 11.5 Å². The number of hydrogen-bond donors (Lipinski definition) is 0. The summed E-state index contributed by atoms with van der Waals surface area (Å²) < 4.78 is 23.4. The number of amides is 2. The van der Waals surface area contributed by atoms with Crippen molar-refractivity contribution >= 4 is 17.5 Å². The standard InChI is InChI=1S/C43H35NO6/c1-28-8-16-33(17-9-28)48-36-6-5-7-37(26-36)49-35-22-14-31(15-23-35)44-41(45)39-25-24-38(27-40(39)42(44)46)50-34-20-12-30(13-21-34)43(2,3)29-10-18-32(47-4)19-11-29/h5-27H,1-4H3. The Balaban J connectivity index is 1.01. The van der Waals surface area contributed by atoms with Crippen LogP contribution in [0.4, 0.5) is 5.69 Å². The first-order valence-electron chi connectivity index (χ1n) is 16.3. The van der Waals surface area contributed by atoms with Gasteiger partial charge in [-0.3, -0.25) is 9.59 Å². The first-order chi connectivity index (χ1) is 24.2. The molecular weight excluding hydrogens is 626 g/mol. The lowest BCUT2D eigenvalue weighted by Crippen LogP contribution is -2.29. The zero-order valence-electron chi connectivity index (χ0n) is 28.2. The fourth-order valence-electron chi connectivity index (χ4n) is 5.91. The van der Waals surface area contributed by atoms with Gasteiger partial charge in [0.15, 0.2) is 0 Å². The molecule has 2 amide bonds. The van der Waals surface area contributed by atoms with Crippen molar-refractivity contribution in [2.24, 2.45) is 0 Å². The second-order valence-corrected chi connectivity index (χ2v) is 12.6. The first-order valence-corrected chi connectivity index (χ1v) is 16.3. The van der Waals surface area contributed by atoms with Crippen molar-refractivity contribution < 1.29 is 28.5 Å². The van der Waals surface area contributed by atoms with Crippen LogP contribution in [0.5, 0.6) is 40.2 Å². The predicted molar refractivity (Wildman–Crippen MR) is 193 cm³/mol. The van der Waals surface area contributed by atoms with Crippen LogP contribution in [-0.4, -0.2) is 18.9 Å². The number of carbonyl (C=O) groups excluding carboxylic acids is 2. The molecule has 1 aliphatic heterocycles. The number of aryl methyl sites for hydroxylation is 1. The highest BCUT2D eigenvalue weighted by atomic mass is 16.5. The number of hydrogen-bond acceptors (Lipinski definition) is 6. The van der Waals surface area contributed by atoms with Crippen molar-refractivity contribution in [3.8, 4) is 40.2 Å². The average molecular weight is 662 g/mol. The van der Waals surface area contributed by atoms with Crippen LogP contribution in [0.2, 0.25) is 0 Å². The van der Waals surface area contributed by atoms with Crippen molar-refractivity contribution in [1.82, 2.24) is 0 Å². The Bertz CT molecular complexity index is 2170. The fraction of sp³-hybridized carbons (Fsp3) is 0.116. The van der Waals surface area contributed by atoms with E-state index in [1.54, 1.807) is 55.6 Å². The summed E-state index contributed by atoms with van der Waals surface area (Å²) in [4.78, 5) is 28.0. The summed E-state index contributed by atoms with van der Waals surface area (Å²) in [5.74, 6) is 3.61. The lowest BCUT2D eigenvalue weighted by molar-refractivity contribution is 0.0926. The number of ether oxygens (including phenoxy) is 4. The largest absolute Gasteiger partial charge is 0.497 e. The van der Waals surface area contributed by atoms with E-state index in [0.29, 0.717) is 40.0 Å². The Kier molecular flexibility index (Phi) is 8.56. The first kappa shape index (κ1) is 32.2.